The van der Waals surface area contributed by atoms with Crippen LogP contribution in [0, 0.1) is 0 Å². The highest BCUT2D eigenvalue weighted by atomic mass is 16.1. The molecule has 1 heterocycles. The summed E-state index contributed by atoms with van der Waals surface area (Å²) >= 11 is 0. The molecule has 0 spiro atoms. The first-order valence-corrected chi connectivity index (χ1v) is 4.48. The van der Waals surface area contributed by atoms with E-state index in [0.717, 1.165) is 25.8 Å². The fourth-order valence-electron chi connectivity index (χ4n) is 1.73. The minimum Gasteiger partial charge on any atom is -0.298 e. The lowest BCUT2D eigenvalue weighted by atomic mass is 10.1. The summed E-state index contributed by atoms with van der Waals surface area (Å²) < 4.78 is 0. The number of carbonyl (C=O) groups excluding carboxylic acids is 1. The summed E-state index contributed by atoms with van der Waals surface area (Å²) in [6.45, 7) is 3.16. The zero-order valence-electron chi connectivity index (χ0n) is 7.47. The van der Waals surface area contributed by atoms with Crippen LogP contribution in [0.1, 0.15) is 32.6 Å². The zero-order valence-corrected chi connectivity index (χ0v) is 7.47. The van der Waals surface area contributed by atoms with Crippen LogP contribution in [0.5, 0.6) is 0 Å². The third kappa shape index (κ3) is 2.03. The van der Waals surface area contributed by atoms with Gasteiger partial charge in [-0.2, -0.15) is 0 Å². The van der Waals surface area contributed by atoms with Crippen LogP contribution >= 0.6 is 0 Å². The predicted molar refractivity (Wildman–Crippen MR) is 45.6 cm³/mol. The maximum absolute atomic E-state index is 11.4. The molecule has 1 atom stereocenters. The fourth-order valence-corrected chi connectivity index (χ4v) is 1.73. The van der Waals surface area contributed by atoms with E-state index >= 15 is 0 Å². The van der Waals surface area contributed by atoms with Crippen LogP contribution in [0.2, 0.25) is 0 Å². The van der Waals surface area contributed by atoms with Crippen LogP contribution in [-0.4, -0.2) is 30.3 Å². The van der Waals surface area contributed by atoms with Gasteiger partial charge in [0.25, 0.3) is 0 Å². The molecule has 1 fully saturated rings. The van der Waals surface area contributed by atoms with Crippen molar-refractivity contribution in [3.8, 4) is 0 Å². The van der Waals surface area contributed by atoms with Gasteiger partial charge in [0.2, 0.25) is 0 Å². The first kappa shape index (κ1) is 8.72. The smallest absolute Gasteiger partial charge is 0.149 e. The first-order chi connectivity index (χ1) is 5.25. The van der Waals surface area contributed by atoms with E-state index < -0.39 is 0 Å². The number of nitrogens with zero attached hydrogens (tertiary/aromatic N) is 1. The molecule has 0 aromatic rings. The standard InChI is InChI=1S/C9H17NO/c1-3-5-9(11)8-6-4-7-10(8)2/h8H,3-7H2,1-2H3. The van der Waals surface area contributed by atoms with E-state index in [4.69, 9.17) is 0 Å². The second-order valence-corrected chi connectivity index (χ2v) is 3.35. The Kier molecular flexibility index (Phi) is 3.06. The normalized spacial score (nSPS) is 25.8. The molecule has 0 saturated carbocycles. The first-order valence-electron chi connectivity index (χ1n) is 4.48. The Labute approximate surface area is 68.6 Å². The third-order valence-electron chi connectivity index (χ3n) is 2.39. The van der Waals surface area contributed by atoms with Crippen LogP contribution in [0.3, 0.4) is 0 Å². The second-order valence-electron chi connectivity index (χ2n) is 3.35. The average Bonchev–Trinajstić information content (AvgIpc) is 2.36. The molecule has 64 valence electrons. The Balaban J connectivity index is 2.39. The lowest BCUT2D eigenvalue weighted by Crippen LogP contribution is -2.32. The summed E-state index contributed by atoms with van der Waals surface area (Å²) in [7, 11) is 2.05. The van der Waals surface area contributed by atoms with Crippen molar-refractivity contribution in [2.45, 2.75) is 38.6 Å². The van der Waals surface area contributed by atoms with E-state index in [2.05, 4.69) is 11.8 Å². The quantitative estimate of drug-likeness (QED) is 0.615. The van der Waals surface area contributed by atoms with Crippen LogP contribution in [0.25, 0.3) is 0 Å². The molecular weight excluding hydrogens is 138 g/mol. The summed E-state index contributed by atoms with van der Waals surface area (Å²) in [4.78, 5) is 13.6. The van der Waals surface area contributed by atoms with Crippen molar-refractivity contribution in [2.75, 3.05) is 13.6 Å². The number of likely N-dealkylation sites (N-methyl/N-ethyl adjacent to an activating group) is 1. The van der Waals surface area contributed by atoms with E-state index in [1.165, 1.54) is 6.42 Å². The molecule has 2 nitrogen and oxygen atoms in total. The van der Waals surface area contributed by atoms with Gasteiger partial charge in [0.15, 0.2) is 0 Å². The second kappa shape index (κ2) is 3.86. The van der Waals surface area contributed by atoms with Crippen molar-refractivity contribution in [2.24, 2.45) is 0 Å². The van der Waals surface area contributed by atoms with Crippen molar-refractivity contribution >= 4 is 5.78 Å². The van der Waals surface area contributed by atoms with Gasteiger partial charge in [0.1, 0.15) is 5.78 Å². The van der Waals surface area contributed by atoms with Crippen LogP contribution in [0.4, 0.5) is 0 Å². The molecule has 2 heteroatoms. The Morgan fingerprint density at radius 3 is 2.82 bits per heavy atom. The van der Waals surface area contributed by atoms with Crippen molar-refractivity contribution in [1.29, 1.82) is 0 Å². The van der Waals surface area contributed by atoms with Gasteiger partial charge in [0, 0.05) is 6.42 Å². The molecule has 1 saturated heterocycles. The Morgan fingerprint density at radius 2 is 2.36 bits per heavy atom. The molecule has 0 radical (unpaired) electrons. The highest BCUT2D eigenvalue weighted by molar-refractivity contribution is 5.84. The Hall–Kier alpha value is -0.370. The maximum Gasteiger partial charge on any atom is 0.149 e. The van der Waals surface area contributed by atoms with E-state index in [-0.39, 0.29) is 6.04 Å². The monoisotopic (exact) mass is 155 g/mol. The highest BCUT2D eigenvalue weighted by Crippen LogP contribution is 2.16. The largest absolute Gasteiger partial charge is 0.298 e. The third-order valence-corrected chi connectivity index (χ3v) is 2.39. The number of hydrogen-bond donors (Lipinski definition) is 0. The van der Waals surface area contributed by atoms with Gasteiger partial charge < -0.3 is 0 Å². The number of ketones is 1. The zero-order chi connectivity index (χ0) is 8.27. The molecule has 0 aliphatic carbocycles. The van der Waals surface area contributed by atoms with E-state index in [1.807, 2.05) is 7.05 Å². The predicted octanol–water partition coefficient (Wildman–Crippen LogP) is 1.45. The average molecular weight is 155 g/mol. The van der Waals surface area contributed by atoms with Gasteiger partial charge in [0.05, 0.1) is 6.04 Å². The van der Waals surface area contributed by atoms with Gasteiger partial charge in [-0.15, -0.1) is 0 Å². The minimum atomic E-state index is 0.245. The Bertz CT molecular complexity index is 144. The van der Waals surface area contributed by atoms with Gasteiger partial charge in [-0.05, 0) is 32.9 Å². The summed E-state index contributed by atoms with van der Waals surface area (Å²) in [6, 6.07) is 0.245. The molecular formula is C9H17NO. The number of rotatable bonds is 3. The lowest BCUT2D eigenvalue weighted by molar-refractivity contribution is -0.122. The summed E-state index contributed by atoms with van der Waals surface area (Å²) in [6.07, 6.45) is 4.02. The van der Waals surface area contributed by atoms with E-state index in [1.54, 1.807) is 0 Å². The number of carbonyl (C=O) groups is 1. The molecule has 0 aromatic heterocycles. The van der Waals surface area contributed by atoms with E-state index in [0.29, 0.717) is 5.78 Å². The molecule has 0 amide bonds. The number of hydrogen-bond acceptors (Lipinski definition) is 2. The number of likely N-dealkylation sites (tertiary alicyclic amines) is 1. The maximum atomic E-state index is 11.4. The Morgan fingerprint density at radius 1 is 1.64 bits per heavy atom. The molecule has 1 rings (SSSR count). The summed E-state index contributed by atoms with van der Waals surface area (Å²) in [5, 5.41) is 0. The van der Waals surface area contributed by atoms with Crippen molar-refractivity contribution in [3.05, 3.63) is 0 Å². The molecule has 11 heavy (non-hydrogen) atoms. The van der Waals surface area contributed by atoms with E-state index in [9.17, 15) is 4.79 Å². The lowest BCUT2D eigenvalue weighted by Gasteiger charge is -2.17. The SMILES string of the molecule is CCCC(=O)C1CCCN1C. The molecule has 1 aliphatic heterocycles. The molecule has 1 aliphatic rings. The van der Waals surface area contributed by atoms with Crippen LogP contribution in [0.15, 0.2) is 0 Å². The summed E-state index contributed by atoms with van der Waals surface area (Å²) in [5.74, 6) is 0.438. The van der Waals surface area contributed by atoms with Crippen LogP contribution in [-0.2, 0) is 4.79 Å². The molecule has 0 bridgehead atoms. The molecule has 0 N–H and O–H groups in total. The molecule has 0 aromatic carbocycles. The number of Topliss-reactive ketones (excluding diaryl/α,β-unsaturated/α-hetero) is 1. The minimum absolute atomic E-state index is 0.245. The van der Waals surface area contributed by atoms with Crippen molar-refractivity contribution in [3.63, 3.8) is 0 Å². The topological polar surface area (TPSA) is 20.3 Å². The molecule has 1 unspecified atom stereocenters. The summed E-state index contributed by atoms with van der Waals surface area (Å²) in [5.41, 5.74) is 0. The van der Waals surface area contributed by atoms with Gasteiger partial charge in [-0.1, -0.05) is 6.92 Å². The van der Waals surface area contributed by atoms with Crippen molar-refractivity contribution < 1.29 is 4.79 Å². The fraction of sp³-hybridized carbons (Fsp3) is 0.889. The highest BCUT2D eigenvalue weighted by Gasteiger charge is 2.26. The van der Waals surface area contributed by atoms with Gasteiger partial charge >= 0.3 is 0 Å². The van der Waals surface area contributed by atoms with Gasteiger partial charge in [-0.25, -0.2) is 0 Å². The van der Waals surface area contributed by atoms with Gasteiger partial charge in [-0.3, -0.25) is 9.69 Å². The van der Waals surface area contributed by atoms with Crippen molar-refractivity contribution in [1.82, 2.24) is 4.90 Å². The van der Waals surface area contributed by atoms with Crippen LogP contribution < -0.4 is 0 Å².